The highest BCUT2D eigenvalue weighted by Gasteiger charge is 2.15. The highest BCUT2D eigenvalue weighted by atomic mass is 16.5. The molecule has 6 nitrogen and oxygen atoms in total. The summed E-state index contributed by atoms with van der Waals surface area (Å²) < 4.78 is 4.62. The number of carbonyl (C=O) groups excluding carboxylic acids is 3. The molecule has 2 rings (SSSR count). The third kappa shape index (κ3) is 4.67. The minimum Gasteiger partial charge on any atom is -0.465 e. The first-order valence-corrected chi connectivity index (χ1v) is 7.82. The Kier molecular flexibility index (Phi) is 5.89. The monoisotopic (exact) mass is 340 g/mol. The van der Waals surface area contributed by atoms with Crippen LogP contribution in [0.15, 0.2) is 48.5 Å². The Balaban J connectivity index is 2.18. The molecule has 0 aromatic heterocycles. The molecule has 0 saturated heterocycles. The van der Waals surface area contributed by atoms with E-state index in [1.807, 2.05) is 13.8 Å². The van der Waals surface area contributed by atoms with Gasteiger partial charge in [0.2, 0.25) is 0 Å². The standard InChI is InChI=1S/C19H20N2O4/c1-12(2)20-18(23)15-6-4-5-7-16(15)21-17(22)13-8-10-14(11-9-13)19(24)25-3/h4-12H,1-3H3,(H,20,23)(H,21,22). The number of benzene rings is 2. The Morgan fingerprint density at radius 3 is 2.08 bits per heavy atom. The van der Waals surface area contributed by atoms with Gasteiger partial charge in [0.05, 0.1) is 23.9 Å². The molecule has 0 atom stereocenters. The van der Waals surface area contributed by atoms with Crippen molar-refractivity contribution in [2.75, 3.05) is 12.4 Å². The SMILES string of the molecule is COC(=O)c1ccc(C(=O)Nc2ccccc2C(=O)NC(C)C)cc1. The van der Waals surface area contributed by atoms with Gasteiger partial charge >= 0.3 is 5.97 Å². The third-order valence-corrected chi connectivity index (χ3v) is 3.41. The van der Waals surface area contributed by atoms with Crippen LogP contribution < -0.4 is 10.6 Å². The van der Waals surface area contributed by atoms with Gasteiger partial charge in [-0.25, -0.2) is 4.79 Å². The van der Waals surface area contributed by atoms with Crippen LogP contribution in [0.3, 0.4) is 0 Å². The van der Waals surface area contributed by atoms with Crippen molar-refractivity contribution in [3.05, 3.63) is 65.2 Å². The van der Waals surface area contributed by atoms with E-state index in [9.17, 15) is 14.4 Å². The van der Waals surface area contributed by atoms with Crippen molar-refractivity contribution < 1.29 is 19.1 Å². The summed E-state index contributed by atoms with van der Waals surface area (Å²) in [7, 11) is 1.29. The largest absolute Gasteiger partial charge is 0.465 e. The highest BCUT2D eigenvalue weighted by Crippen LogP contribution is 2.17. The predicted octanol–water partition coefficient (Wildman–Crippen LogP) is 2.86. The maximum Gasteiger partial charge on any atom is 0.337 e. The Morgan fingerprint density at radius 1 is 0.880 bits per heavy atom. The van der Waals surface area contributed by atoms with Crippen LogP contribution in [-0.4, -0.2) is 30.9 Å². The van der Waals surface area contributed by atoms with Crippen LogP contribution in [0.5, 0.6) is 0 Å². The minimum absolute atomic E-state index is 0.0119. The molecule has 0 bridgehead atoms. The second-order valence-electron chi connectivity index (χ2n) is 5.70. The molecule has 0 heterocycles. The molecule has 0 saturated carbocycles. The maximum absolute atomic E-state index is 12.4. The van der Waals surface area contributed by atoms with Gasteiger partial charge in [0.15, 0.2) is 0 Å². The fraction of sp³-hybridized carbons (Fsp3) is 0.211. The van der Waals surface area contributed by atoms with Crippen molar-refractivity contribution in [1.29, 1.82) is 0 Å². The van der Waals surface area contributed by atoms with Crippen LogP contribution in [0.4, 0.5) is 5.69 Å². The minimum atomic E-state index is -0.470. The smallest absolute Gasteiger partial charge is 0.337 e. The van der Waals surface area contributed by atoms with Gasteiger partial charge in [-0.2, -0.15) is 0 Å². The van der Waals surface area contributed by atoms with Crippen LogP contribution in [0.1, 0.15) is 44.9 Å². The van der Waals surface area contributed by atoms with Gasteiger partial charge in [0, 0.05) is 11.6 Å². The molecule has 0 aliphatic heterocycles. The zero-order chi connectivity index (χ0) is 18.4. The van der Waals surface area contributed by atoms with Crippen molar-refractivity contribution in [2.45, 2.75) is 19.9 Å². The second-order valence-corrected chi connectivity index (χ2v) is 5.70. The van der Waals surface area contributed by atoms with Gasteiger partial charge in [-0.05, 0) is 50.2 Å². The van der Waals surface area contributed by atoms with E-state index in [1.54, 1.807) is 24.3 Å². The topological polar surface area (TPSA) is 84.5 Å². The zero-order valence-corrected chi connectivity index (χ0v) is 14.3. The first-order valence-electron chi connectivity index (χ1n) is 7.82. The van der Waals surface area contributed by atoms with Gasteiger partial charge in [-0.3, -0.25) is 9.59 Å². The van der Waals surface area contributed by atoms with Gasteiger partial charge in [0.25, 0.3) is 11.8 Å². The molecular formula is C19H20N2O4. The fourth-order valence-corrected chi connectivity index (χ4v) is 2.20. The summed E-state index contributed by atoms with van der Waals surface area (Å²) in [5, 5.41) is 5.52. The molecule has 0 spiro atoms. The molecule has 0 aliphatic carbocycles. The van der Waals surface area contributed by atoms with Crippen LogP contribution in [0.2, 0.25) is 0 Å². The first kappa shape index (κ1) is 18.2. The lowest BCUT2D eigenvalue weighted by Crippen LogP contribution is -2.31. The van der Waals surface area contributed by atoms with Crippen LogP contribution in [0.25, 0.3) is 0 Å². The Hall–Kier alpha value is -3.15. The van der Waals surface area contributed by atoms with Crippen LogP contribution in [-0.2, 0) is 4.74 Å². The molecule has 0 radical (unpaired) electrons. The van der Waals surface area contributed by atoms with E-state index in [-0.39, 0.29) is 17.9 Å². The number of hydrogen-bond acceptors (Lipinski definition) is 4. The van der Waals surface area contributed by atoms with Gasteiger partial charge in [-0.15, -0.1) is 0 Å². The van der Waals surface area contributed by atoms with Crippen LogP contribution >= 0.6 is 0 Å². The predicted molar refractivity (Wildman–Crippen MR) is 94.8 cm³/mol. The van der Waals surface area contributed by atoms with E-state index in [0.29, 0.717) is 22.4 Å². The maximum atomic E-state index is 12.4. The molecule has 25 heavy (non-hydrogen) atoms. The number of amides is 2. The molecule has 2 aromatic carbocycles. The molecule has 2 N–H and O–H groups in total. The summed E-state index contributed by atoms with van der Waals surface area (Å²) in [6.45, 7) is 3.73. The average molecular weight is 340 g/mol. The van der Waals surface area contributed by atoms with Crippen molar-refractivity contribution in [2.24, 2.45) is 0 Å². The molecular weight excluding hydrogens is 320 g/mol. The third-order valence-electron chi connectivity index (χ3n) is 3.41. The second kappa shape index (κ2) is 8.10. The number of nitrogens with one attached hydrogen (secondary N) is 2. The van der Waals surface area contributed by atoms with Crippen LogP contribution in [0, 0.1) is 0 Å². The molecule has 0 aliphatic rings. The average Bonchev–Trinajstić information content (AvgIpc) is 2.61. The van der Waals surface area contributed by atoms with Gasteiger partial charge in [-0.1, -0.05) is 12.1 Å². The lowest BCUT2D eigenvalue weighted by molar-refractivity contribution is 0.0600. The van der Waals surface area contributed by atoms with E-state index in [0.717, 1.165) is 0 Å². The van der Waals surface area contributed by atoms with Crippen molar-refractivity contribution in [1.82, 2.24) is 5.32 Å². The molecule has 2 amide bonds. The summed E-state index contributed by atoms with van der Waals surface area (Å²) in [4.78, 5) is 36.1. The quantitative estimate of drug-likeness (QED) is 0.820. The number of anilines is 1. The number of methoxy groups -OCH3 is 1. The lowest BCUT2D eigenvalue weighted by atomic mass is 10.1. The molecule has 0 unspecified atom stereocenters. The Labute approximate surface area is 146 Å². The Morgan fingerprint density at radius 2 is 1.48 bits per heavy atom. The Bertz CT molecular complexity index is 782. The summed E-state index contributed by atoms with van der Waals surface area (Å²) >= 11 is 0. The molecule has 130 valence electrons. The summed E-state index contributed by atoms with van der Waals surface area (Å²) in [6.07, 6.45) is 0. The van der Waals surface area contributed by atoms with Gasteiger partial charge in [0.1, 0.15) is 0 Å². The zero-order valence-electron chi connectivity index (χ0n) is 14.3. The number of rotatable bonds is 5. The summed E-state index contributed by atoms with van der Waals surface area (Å²) in [5.74, 6) is -1.10. The van der Waals surface area contributed by atoms with Crippen molar-refractivity contribution >= 4 is 23.5 Å². The summed E-state index contributed by atoms with van der Waals surface area (Å²) in [5.41, 5.74) is 1.53. The lowest BCUT2D eigenvalue weighted by Gasteiger charge is -2.13. The van der Waals surface area contributed by atoms with E-state index >= 15 is 0 Å². The molecule has 0 fully saturated rings. The van der Waals surface area contributed by atoms with Crippen molar-refractivity contribution in [3.63, 3.8) is 0 Å². The first-order chi connectivity index (χ1) is 11.9. The number of para-hydroxylation sites is 1. The van der Waals surface area contributed by atoms with E-state index in [4.69, 9.17) is 0 Å². The van der Waals surface area contributed by atoms with Gasteiger partial charge < -0.3 is 15.4 Å². The molecule has 2 aromatic rings. The number of hydrogen-bond donors (Lipinski definition) is 2. The van der Waals surface area contributed by atoms with Crippen molar-refractivity contribution in [3.8, 4) is 0 Å². The van der Waals surface area contributed by atoms with E-state index in [1.165, 1.54) is 31.4 Å². The van der Waals surface area contributed by atoms with E-state index in [2.05, 4.69) is 15.4 Å². The normalized spacial score (nSPS) is 10.2. The summed E-state index contributed by atoms with van der Waals surface area (Å²) in [6, 6.07) is 12.8. The number of ether oxygens (including phenoxy) is 1. The number of esters is 1. The molecule has 6 heteroatoms. The fourth-order valence-electron chi connectivity index (χ4n) is 2.20. The van der Waals surface area contributed by atoms with E-state index < -0.39 is 5.97 Å². The number of carbonyl (C=O) groups is 3. The highest BCUT2D eigenvalue weighted by molar-refractivity contribution is 6.09.